The van der Waals surface area contributed by atoms with E-state index in [4.69, 9.17) is 11.6 Å². The third kappa shape index (κ3) is 3.00. The van der Waals surface area contributed by atoms with E-state index in [2.05, 4.69) is 33.5 Å². The van der Waals surface area contributed by atoms with Crippen molar-refractivity contribution in [2.45, 2.75) is 6.92 Å². The quantitative estimate of drug-likeness (QED) is 0.880. The molecule has 3 nitrogen and oxygen atoms in total. The van der Waals surface area contributed by atoms with Crippen LogP contribution >= 0.6 is 27.5 Å². The minimum Gasteiger partial charge on any atom is -0.324 e. The molecule has 0 radical (unpaired) electrons. The zero-order chi connectivity index (χ0) is 12.4. The van der Waals surface area contributed by atoms with Crippen molar-refractivity contribution in [3.8, 4) is 0 Å². The molecule has 1 saturated heterocycles. The molecule has 0 aromatic heterocycles. The Morgan fingerprint density at radius 2 is 2.29 bits per heavy atom. The number of benzene rings is 1. The normalized spacial score (nSPS) is 23.7. The van der Waals surface area contributed by atoms with Crippen molar-refractivity contribution in [2.75, 3.05) is 18.4 Å². The lowest BCUT2D eigenvalue weighted by Gasteiger charge is -2.15. The van der Waals surface area contributed by atoms with E-state index in [1.165, 1.54) is 0 Å². The number of halogens is 2. The first-order chi connectivity index (χ1) is 8.08. The van der Waals surface area contributed by atoms with E-state index in [1.54, 1.807) is 12.1 Å². The van der Waals surface area contributed by atoms with E-state index in [0.29, 0.717) is 16.6 Å². The topological polar surface area (TPSA) is 41.1 Å². The third-order valence-corrected chi connectivity index (χ3v) is 3.85. The van der Waals surface area contributed by atoms with Gasteiger partial charge in [0.25, 0.3) is 0 Å². The van der Waals surface area contributed by atoms with Crippen LogP contribution in [0.3, 0.4) is 0 Å². The Hall–Kier alpha value is -0.580. The SMILES string of the molecule is C[C@@H]1CNC[C@H]1C(=O)Nc1ccc(Br)cc1Cl. The van der Waals surface area contributed by atoms with Crippen molar-refractivity contribution in [2.24, 2.45) is 11.8 Å². The van der Waals surface area contributed by atoms with Gasteiger partial charge in [-0.2, -0.15) is 0 Å². The predicted octanol–water partition coefficient (Wildman–Crippen LogP) is 2.90. The number of carbonyl (C=O) groups excluding carboxylic acids is 1. The van der Waals surface area contributed by atoms with Gasteiger partial charge in [0, 0.05) is 11.0 Å². The zero-order valence-electron chi connectivity index (χ0n) is 9.47. The lowest BCUT2D eigenvalue weighted by atomic mass is 9.97. The highest BCUT2D eigenvalue weighted by Crippen LogP contribution is 2.27. The summed E-state index contributed by atoms with van der Waals surface area (Å²) < 4.78 is 0.899. The van der Waals surface area contributed by atoms with E-state index in [-0.39, 0.29) is 11.8 Å². The molecule has 5 heteroatoms. The van der Waals surface area contributed by atoms with Crippen molar-refractivity contribution in [1.29, 1.82) is 0 Å². The number of anilines is 1. The minimum absolute atomic E-state index is 0.0229. The van der Waals surface area contributed by atoms with Crippen LogP contribution in [-0.2, 0) is 4.79 Å². The molecule has 0 saturated carbocycles. The maximum Gasteiger partial charge on any atom is 0.229 e. The van der Waals surface area contributed by atoms with Crippen molar-refractivity contribution < 1.29 is 4.79 Å². The summed E-state index contributed by atoms with van der Waals surface area (Å²) in [6, 6.07) is 5.43. The lowest BCUT2D eigenvalue weighted by Crippen LogP contribution is -2.27. The smallest absolute Gasteiger partial charge is 0.229 e. The van der Waals surface area contributed by atoms with Crippen LogP contribution < -0.4 is 10.6 Å². The molecule has 0 bridgehead atoms. The van der Waals surface area contributed by atoms with Gasteiger partial charge in [0.1, 0.15) is 0 Å². The number of nitrogens with one attached hydrogen (secondary N) is 2. The molecule has 1 fully saturated rings. The van der Waals surface area contributed by atoms with Gasteiger partial charge in [0.2, 0.25) is 5.91 Å². The lowest BCUT2D eigenvalue weighted by molar-refractivity contribution is -0.120. The minimum atomic E-state index is 0.0229. The molecule has 0 spiro atoms. The second kappa shape index (κ2) is 5.38. The molecular formula is C12H14BrClN2O. The van der Waals surface area contributed by atoms with E-state index in [0.717, 1.165) is 17.6 Å². The first-order valence-electron chi connectivity index (χ1n) is 5.54. The van der Waals surface area contributed by atoms with E-state index in [9.17, 15) is 4.79 Å². The Bertz CT molecular complexity index is 439. The van der Waals surface area contributed by atoms with E-state index in [1.807, 2.05) is 6.07 Å². The average Bonchev–Trinajstić information content (AvgIpc) is 2.68. The highest BCUT2D eigenvalue weighted by Gasteiger charge is 2.29. The largest absolute Gasteiger partial charge is 0.324 e. The Kier molecular flexibility index (Phi) is 4.07. The Balaban J connectivity index is 2.07. The van der Waals surface area contributed by atoms with Gasteiger partial charge >= 0.3 is 0 Å². The summed E-state index contributed by atoms with van der Waals surface area (Å²) in [5.41, 5.74) is 0.666. The molecule has 1 heterocycles. The summed E-state index contributed by atoms with van der Waals surface area (Å²) in [6.45, 7) is 3.71. The molecule has 2 rings (SSSR count). The second-order valence-electron chi connectivity index (χ2n) is 4.36. The van der Waals surface area contributed by atoms with Crippen LogP contribution in [0.4, 0.5) is 5.69 Å². The summed E-state index contributed by atoms with van der Waals surface area (Å²) >= 11 is 9.39. The molecule has 1 aliphatic heterocycles. The third-order valence-electron chi connectivity index (χ3n) is 3.04. The van der Waals surface area contributed by atoms with E-state index >= 15 is 0 Å². The van der Waals surface area contributed by atoms with E-state index < -0.39 is 0 Å². The van der Waals surface area contributed by atoms with Crippen LogP contribution in [-0.4, -0.2) is 19.0 Å². The van der Waals surface area contributed by atoms with Crippen LogP contribution in [0.5, 0.6) is 0 Å². The van der Waals surface area contributed by atoms with Crippen molar-refractivity contribution >= 4 is 39.1 Å². The predicted molar refractivity (Wildman–Crippen MR) is 73.3 cm³/mol. The summed E-state index contributed by atoms with van der Waals surface area (Å²) in [7, 11) is 0. The fourth-order valence-electron chi connectivity index (χ4n) is 1.98. The number of carbonyl (C=O) groups is 1. The van der Waals surface area contributed by atoms with Gasteiger partial charge in [-0.25, -0.2) is 0 Å². The van der Waals surface area contributed by atoms with Crippen LogP contribution in [0.2, 0.25) is 5.02 Å². The van der Waals surface area contributed by atoms with Gasteiger partial charge in [-0.3, -0.25) is 4.79 Å². The molecule has 1 aliphatic rings. The summed E-state index contributed by atoms with van der Waals surface area (Å²) in [5, 5.41) is 6.64. The fourth-order valence-corrected chi connectivity index (χ4v) is 2.70. The Morgan fingerprint density at radius 1 is 1.53 bits per heavy atom. The van der Waals surface area contributed by atoms with Gasteiger partial charge < -0.3 is 10.6 Å². The summed E-state index contributed by atoms with van der Waals surface area (Å²) in [4.78, 5) is 12.0. The number of hydrogen-bond acceptors (Lipinski definition) is 2. The van der Waals surface area contributed by atoms with Crippen LogP contribution in [0, 0.1) is 11.8 Å². The molecule has 0 unspecified atom stereocenters. The second-order valence-corrected chi connectivity index (χ2v) is 5.68. The number of hydrogen-bond donors (Lipinski definition) is 2. The maximum atomic E-state index is 12.0. The molecule has 1 aromatic carbocycles. The Morgan fingerprint density at radius 3 is 2.88 bits per heavy atom. The zero-order valence-corrected chi connectivity index (χ0v) is 11.8. The standard InChI is InChI=1S/C12H14BrClN2O/c1-7-5-15-6-9(7)12(17)16-11-3-2-8(13)4-10(11)14/h2-4,7,9,15H,5-6H2,1H3,(H,16,17)/t7-,9-/m1/s1. The highest BCUT2D eigenvalue weighted by atomic mass is 79.9. The fraction of sp³-hybridized carbons (Fsp3) is 0.417. The molecule has 0 aliphatic carbocycles. The average molecular weight is 318 g/mol. The molecule has 17 heavy (non-hydrogen) atoms. The van der Waals surface area contributed by atoms with Crippen LogP contribution in [0.1, 0.15) is 6.92 Å². The van der Waals surface area contributed by atoms with Gasteiger partial charge in [0.05, 0.1) is 16.6 Å². The molecular weight excluding hydrogens is 304 g/mol. The maximum absolute atomic E-state index is 12.0. The van der Waals surface area contributed by atoms with Crippen molar-refractivity contribution in [3.05, 3.63) is 27.7 Å². The molecule has 2 atom stereocenters. The van der Waals surface area contributed by atoms with Gasteiger partial charge in [-0.15, -0.1) is 0 Å². The number of rotatable bonds is 2. The summed E-state index contributed by atoms with van der Waals surface area (Å²) in [6.07, 6.45) is 0. The first-order valence-corrected chi connectivity index (χ1v) is 6.71. The van der Waals surface area contributed by atoms with Crippen LogP contribution in [0.15, 0.2) is 22.7 Å². The summed E-state index contributed by atoms with van der Waals surface area (Å²) in [5.74, 6) is 0.422. The highest BCUT2D eigenvalue weighted by molar-refractivity contribution is 9.10. The van der Waals surface area contributed by atoms with Crippen LogP contribution in [0.25, 0.3) is 0 Å². The van der Waals surface area contributed by atoms with Gasteiger partial charge in [0.15, 0.2) is 0 Å². The van der Waals surface area contributed by atoms with Gasteiger partial charge in [-0.1, -0.05) is 34.5 Å². The molecule has 1 aromatic rings. The first kappa shape index (κ1) is 12.9. The Labute approximate surface area is 114 Å². The van der Waals surface area contributed by atoms with Crippen molar-refractivity contribution in [1.82, 2.24) is 5.32 Å². The number of amides is 1. The van der Waals surface area contributed by atoms with Crippen molar-refractivity contribution in [3.63, 3.8) is 0 Å². The monoisotopic (exact) mass is 316 g/mol. The molecule has 1 amide bonds. The molecule has 2 N–H and O–H groups in total. The molecule has 92 valence electrons. The van der Waals surface area contributed by atoms with Gasteiger partial charge in [-0.05, 0) is 30.7 Å².